The van der Waals surface area contributed by atoms with Crippen LogP contribution in [0.5, 0.6) is 5.75 Å². The number of hydrogen-bond acceptors (Lipinski definition) is 2. The smallest absolute Gasteiger partial charge is 0.335 e. The van der Waals surface area contributed by atoms with Crippen molar-refractivity contribution in [2.45, 2.75) is 6.92 Å². The average molecular weight is 278 g/mol. The van der Waals surface area contributed by atoms with E-state index >= 15 is 0 Å². The molecule has 0 saturated heterocycles. The van der Waals surface area contributed by atoms with Crippen LogP contribution in [0.3, 0.4) is 0 Å². The van der Waals surface area contributed by atoms with Gasteiger partial charge in [0.25, 0.3) is 0 Å². The average Bonchev–Trinajstić information content (AvgIpc) is 2.39. The van der Waals surface area contributed by atoms with E-state index < -0.39 is 17.6 Å². The lowest BCUT2D eigenvalue weighted by atomic mass is 9.99. The minimum atomic E-state index is -1.14. The van der Waals surface area contributed by atoms with Crippen LogP contribution < -0.4 is 4.74 Å². The predicted molar refractivity (Wildman–Crippen MR) is 70.0 cm³/mol. The van der Waals surface area contributed by atoms with E-state index in [9.17, 15) is 13.6 Å². The Morgan fingerprint density at radius 1 is 1.15 bits per heavy atom. The van der Waals surface area contributed by atoms with Gasteiger partial charge in [0.15, 0.2) is 0 Å². The van der Waals surface area contributed by atoms with Gasteiger partial charge in [-0.15, -0.1) is 0 Å². The lowest BCUT2D eigenvalue weighted by Gasteiger charge is -2.10. The van der Waals surface area contributed by atoms with Crippen LogP contribution >= 0.6 is 0 Å². The van der Waals surface area contributed by atoms with Gasteiger partial charge in [-0.1, -0.05) is 12.1 Å². The van der Waals surface area contributed by atoms with Gasteiger partial charge < -0.3 is 9.84 Å². The molecule has 0 aliphatic carbocycles. The van der Waals surface area contributed by atoms with Crippen molar-refractivity contribution in [2.75, 3.05) is 7.11 Å². The van der Waals surface area contributed by atoms with Crippen LogP contribution in [-0.2, 0) is 0 Å². The second-order valence-corrected chi connectivity index (χ2v) is 4.30. The van der Waals surface area contributed by atoms with Crippen molar-refractivity contribution >= 4 is 5.97 Å². The van der Waals surface area contributed by atoms with Crippen molar-refractivity contribution in [1.29, 1.82) is 0 Å². The van der Waals surface area contributed by atoms with E-state index in [-0.39, 0.29) is 22.4 Å². The fraction of sp³-hybridized carbons (Fsp3) is 0.133. The van der Waals surface area contributed by atoms with Gasteiger partial charge in [-0.2, -0.15) is 0 Å². The SMILES string of the molecule is COc1cc(F)c(-c2ccc(C)c(C(=O)O)c2)c(F)c1. The molecule has 0 aliphatic heterocycles. The summed E-state index contributed by atoms with van der Waals surface area (Å²) in [4.78, 5) is 11.1. The van der Waals surface area contributed by atoms with Crippen molar-refractivity contribution < 1.29 is 23.4 Å². The predicted octanol–water partition coefficient (Wildman–Crippen LogP) is 3.65. The third kappa shape index (κ3) is 2.47. The standard InChI is InChI=1S/C15H12F2O3/c1-8-3-4-9(5-11(8)15(18)19)14-12(16)6-10(20-2)7-13(14)17/h3-7H,1-2H3,(H,18,19). The van der Waals surface area contributed by atoms with Gasteiger partial charge in [-0.25, -0.2) is 13.6 Å². The van der Waals surface area contributed by atoms with Crippen LogP contribution in [0.25, 0.3) is 11.1 Å². The minimum Gasteiger partial charge on any atom is -0.497 e. The number of hydrogen-bond donors (Lipinski definition) is 1. The highest BCUT2D eigenvalue weighted by molar-refractivity contribution is 5.91. The fourth-order valence-electron chi connectivity index (χ4n) is 1.95. The summed E-state index contributed by atoms with van der Waals surface area (Å²) < 4.78 is 32.7. The van der Waals surface area contributed by atoms with Crippen LogP contribution in [0, 0.1) is 18.6 Å². The molecule has 0 bridgehead atoms. The maximum atomic E-state index is 13.9. The van der Waals surface area contributed by atoms with E-state index in [1.807, 2.05) is 0 Å². The zero-order valence-electron chi connectivity index (χ0n) is 10.9. The van der Waals surface area contributed by atoms with Gasteiger partial charge in [0.1, 0.15) is 17.4 Å². The number of methoxy groups -OCH3 is 1. The second kappa shape index (κ2) is 5.28. The monoisotopic (exact) mass is 278 g/mol. The van der Waals surface area contributed by atoms with Crippen molar-refractivity contribution in [2.24, 2.45) is 0 Å². The van der Waals surface area contributed by atoms with Crippen molar-refractivity contribution in [3.05, 3.63) is 53.1 Å². The van der Waals surface area contributed by atoms with Crippen molar-refractivity contribution in [3.8, 4) is 16.9 Å². The van der Waals surface area contributed by atoms with Gasteiger partial charge in [-0.05, 0) is 24.1 Å². The number of halogens is 2. The lowest BCUT2D eigenvalue weighted by molar-refractivity contribution is 0.0696. The number of carboxylic acid groups (broad SMARTS) is 1. The molecule has 1 N–H and O–H groups in total. The molecule has 2 rings (SSSR count). The Bertz CT molecular complexity index is 658. The van der Waals surface area contributed by atoms with Crippen LogP contribution in [0.4, 0.5) is 8.78 Å². The van der Waals surface area contributed by atoms with E-state index in [1.165, 1.54) is 25.3 Å². The summed E-state index contributed by atoms with van der Waals surface area (Å²) in [6.07, 6.45) is 0. The largest absolute Gasteiger partial charge is 0.497 e. The van der Waals surface area contributed by atoms with Gasteiger partial charge in [0.2, 0.25) is 0 Å². The number of aryl methyl sites for hydroxylation is 1. The zero-order valence-corrected chi connectivity index (χ0v) is 10.9. The maximum absolute atomic E-state index is 13.9. The zero-order chi connectivity index (χ0) is 14.9. The minimum absolute atomic E-state index is 0.0112. The third-order valence-corrected chi connectivity index (χ3v) is 3.01. The molecule has 5 heteroatoms. The number of carboxylic acids is 1. The van der Waals surface area contributed by atoms with Gasteiger partial charge in [-0.3, -0.25) is 0 Å². The number of aromatic carboxylic acids is 1. The summed E-state index contributed by atoms with van der Waals surface area (Å²) in [7, 11) is 1.31. The van der Waals surface area contributed by atoms with Crippen LogP contribution in [0.1, 0.15) is 15.9 Å². The highest BCUT2D eigenvalue weighted by Crippen LogP contribution is 2.30. The first-order valence-electron chi connectivity index (χ1n) is 5.81. The first-order chi connectivity index (χ1) is 9.43. The Hall–Kier alpha value is -2.43. The summed E-state index contributed by atoms with van der Waals surface area (Å²) in [5.41, 5.74) is 0.437. The lowest BCUT2D eigenvalue weighted by Crippen LogP contribution is -2.01. The maximum Gasteiger partial charge on any atom is 0.335 e. The van der Waals surface area contributed by atoms with Crippen LogP contribution in [0.2, 0.25) is 0 Å². The molecule has 0 atom stereocenters. The fourth-order valence-corrected chi connectivity index (χ4v) is 1.95. The third-order valence-electron chi connectivity index (χ3n) is 3.01. The molecule has 2 aromatic carbocycles. The highest BCUT2D eigenvalue weighted by Gasteiger charge is 2.16. The summed E-state index contributed by atoms with van der Waals surface area (Å²) in [6, 6.07) is 6.36. The Morgan fingerprint density at radius 3 is 2.25 bits per heavy atom. The first kappa shape index (κ1) is 14.0. The summed E-state index contributed by atoms with van der Waals surface area (Å²) in [5.74, 6) is -2.68. The number of benzene rings is 2. The van der Waals surface area contributed by atoms with E-state index in [0.29, 0.717) is 5.56 Å². The summed E-state index contributed by atoms with van der Waals surface area (Å²) in [5, 5.41) is 9.05. The summed E-state index contributed by atoms with van der Waals surface area (Å²) >= 11 is 0. The van der Waals surface area contributed by atoms with Gasteiger partial charge in [0.05, 0.1) is 18.2 Å². The molecule has 0 aliphatic rings. The van der Waals surface area contributed by atoms with E-state index in [2.05, 4.69) is 0 Å². The molecule has 2 aromatic rings. The van der Waals surface area contributed by atoms with Crippen LogP contribution in [-0.4, -0.2) is 18.2 Å². The normalized spacial score (nSPS) is 10.4. The molecule has 3 nitrogen and oxygen atoms in total. The number of carbonyl (C=O) groups is 1. The molecule has 104 valence electrons. The molecule has 0 heterocycles. The van der Waals surface area contributed by atoms with Crippen molar-refractivity contribution in [3.63, 3.8) is 0 Å². The molecule has 0 saturated carbocycles. The topological polar surface area (TPSA) is 46.5 Å². The molecule has 0 spiro atoms. The molecule has 0 aromatic heterocycles. The second-order valence-electron chi connectivity index (χ2n) is 4.30. The molecular formula is C15H12F2O3. The Morgan fingerprint density at radius 2 is 1.75 bits per heavy atom. The molecule has 0 radical (unpaired) electrons. The Kier molecular flexibility index (Phi) is 3.70. The molecule has 0 unspecified atom stereocenters. The van der Waals surface area contributed by atoms with E-state index in [1.54, 1.807) is 6.92 Å². The van der Waals surface area contributed by atoms with Crippen LogP contribution in [0.15, 0.2) is 30.3 Å². The molecule has 0 fully saturated rings. The van der Waals surface area contributed by atoms with Gasteiger partial charge >= 0.3 is 5.97 Å². The van der Waals surface area contributed by atoms with Gasteiger partial charge in [0, 0.05) is 12.1 Å². The number of ether oxygens (including phenoxy) is 1. The Balaban J connectivity index is 2.63. The molecule has 20 heavy (non-hydrogen) atoms. The quantitative estimate of drug-likeness (QED) is 0.932. The van der Waals surface area contributed by atoms with E-state index in [4.69, 9.17) is 9.84 Å². The van der Waals surface area contributed by atoms with Crippen molar-refractivity contribution in [1.82, 2.24) is 0 Å². The summed E-state index contributed by atoms with van der Waals surface area (Å²) in [6.45, 7) is 1.62. The molecular weight excluding hydrogens is 266 g/mol. The Labute approximate surface area is 114 Å². The highest BCUT2D eigenvalue weighted by atomic mass is 19.1. The number of rotatable bonds is 3. The molecule has 0 amide bonds. The first-order valence-corrected chi connectivity index (χ1v) is 5.81. The van der Waals surface area contributed by atoms with E-state index in [0.717, 1.165) is 12.1 Å².